The molecule has 0 radical (unpaired) electrons. The maximum Gasteiger partial charge on any atom is 0.275 e. The van der Waals surface area contributed by atoms with Crippen molar-refractivity contribution in [1.82, 2.24) is 9.97 Å². The van der Waals surface area contributed by atoms with E-state index in [1.165, 1.54) is 16.9 Å². The summed E-state index contributed by atoms with van der Waals surface area (Å²) in [6, 6.07) is 17.9. The van der Waals surface area contributed by atoms with Crippen LogP contribution in [0.25, 0.3) is 10.9 Å². The highest BCUT2D eigenvalue weighted by atomic mass is 32.1. The monoisotopic (exact) mass is 333 g/mol. The first-order valence-corrected chi connectivity index (χ1v) is 8.53. The van der Waals surface area contributed by atoms with Crippen molar-refractivity contribution in [2.45, 2.75) is 6.42 Å². The van der Waals surface area contributed by atoms with Crippen LogP contribution in [0.3, 0.4) is 0 Å². The van der Waals surface area contributed by atoms with Crippen molar-refractivity contribution in [2.75, 3.05) is 5.32 Å². The number of anilines is 1. The van der Waals surface area contributed by atoms with Crippen LogP contribution in [-0.4, -0.2) is 15.9 Å². The van der Waals surface area contributed by atoms with Crippen LogP contribution in [0.15, 0.2) is 66.2 Å². The lowest BCUT2D eigenvalue weighted by molar-refractivity contribution is 0.102. The van der Waals surface area contributed by atoms with Gasteiger partial charge in [0.05, 0.1) is 10.7 Å². The molecule has 5 heteroatoms. The number of aromatic nitrogens is 2. The van der Waals surface area contributed by atoms with Crippen molar-refractivity contribution in [3.63, 3.8) is 0 Å². The zero-order chi connectivity index (χ0) is 16.4. The van der Waals surface area contributed by atoms with Crippen LogP contribution in [-0.2, 0) is 6.42 Å². The maximum atomic E-state index is 12.5. The molecule has 2 aromatic carbocycles. The third kappa shape index (κ3) is 2.94. The number of amides is 1. The average molecular weight is 333 g/mol. The number of nitrogens with zero attached hydrogens (tertiary/aromatic N) is 1. The molecule has 0 saturated heterocycles. The fraction of sp³-hybridized carbons (Fsp3) is 0.0526. The van der Waals surface area contributed by atoms with Gasteiger partial charge in [-0.1, -0.05) is 36.4 Å². The van der Waals surface area contributed by atoms with Crippen molar-refractivity contribution in [3.8, 4) is 0 Å². The predicted octanol–water partition coefficient (Wildman–Crippen LogP) is 4.47. The summed E-state index contributed by atoms with van der Waals surface area (Å²) in [4.78, 5) is 20.1. The van der Waals surface area contributed by atoms with Gasteiger partial charge in [0.1, 0.15) is 5.69 Å². The van der Waals surface area contributed by atoms with Gasteiger partial charge in [-0.25, -0.2) is 4.98 Å². The first kappa shape index (κ1) is 14.7. The van der Waals surface area contributed by atoms with E-state index in [9.17, 15) is 4.79 Å². The molecule has 0 saturated carbocycles. The number of hydrogen-bond donors (Lipinski definition) is 2. The van der Waals surface area contributed by atoms with Gasteiger partial charge in [0.15, 0.2) is 0 Å². The second kappa shape index (κ2) is 6.29. The SMILES string of the molecule is O=C(Nc1cccc2[nH]ccc12)c1csc(Cc2ccccc2)n1. The Kier molecular flexibility index (Phi) is 3.84. The van der Waals surface area contributed by atoms with Crippen molar-refractivity contribution < 1.29 is 4.79 Å². The molecule has 0 bridgehead atoms. The summed E-state index contributed by atoms with van der Waals surface area (Å²) in [5.74, 6) is -0.181. The molecule has 2 heterocycles. The predicted molar refractivity (Wildman–Crippen MR) is 97.6 cm³/mol. The molecule has 4 rings (SSSR count). The fourth-order valence-electron chi connectivity index (χ4n) is 2.65. The molecule has 0 spiro atoms. The summed E-state index contributed by atoms with van der Waals surface area (Å²) < 4.78 is 0. The van der Waals surface area contributed by atoms with Crippen LogP contribution in [0.5, 0.6) is 0 Å². The van der Waals surface area contributed by atoms with Gasteiger partial charge in [-0.15, -0.1) is 11.3 Å². The quantitative estimate of drug-likeness (QED) is 0.579. The summed E-state index contributed by atoms with van der Waals surface area (Å²) in [7, 11) is 0. The first-order chi connectivity index (χ1) is 11.8. The highest BCUT2D eigenvalue weighted by molar-refractivity contribution is 7.09. The van der Waals surface area contributed by atoms with Crippen molar-refractivity contribution in [2.24, 2.45) is 0 Å². The van der Waals surface area contributed by atoms with Gasteiger partial charge in [0.2, 0.25) is 0 Å². The summed E-state index contributed by atoms with van der Waals surface area (Å²) in [5.41, 5.74) is 3.43. The van der Waals surface area contributed by atoms with Crippen LogP contribution in [0.4, 0.5) is 5.69 Å². The molecule has 0 aliphatic rings. The van der Waals surface area contributed by atoms with Crippen LogP contribution >= 0.6 is 11.3 Å². The third-order valence-electron chi connectivity index (χ3n) is 3.83. The number of benzene rings is 2. The Morgan fingerprint density at radius 1 is 1.08 bits per heavy atom. The summed E-state index contributed by atoms with van der Waals surface area (Å²) in [6.45, 7) is 0. The Morgan fingerprint density at radius 2 is 1.96 bits per heavy atom. The van der Waals surface area contributed by atoms with Gasteiger partial charge in [-0.2, -0.15) is 0 Å². The van der Waals surface area contributed by atoms with Gasteiger partial charge in [0, 0.05) is 28.9 Å². The van der Waals surface area contributed by atoms with Crippen molar-refractivity contribution in [3.05, 3.63) is 82.4 Å². The first-order valence-electron chi connectivity index (χ1n) is 7.65. The van der Waals surface area contributed by atoms with E-state index in [0.717, 1.165) is 28.0 Å². The smallest absolute Gasteiger partial charge is 0.275 e. The Bertz CT molecular complexity index is 988. The van der Waals surface area contributed by atoms with Crippen LogP contribution in [0, 0.1) is 0 Å². The summed E-state index contributed by atoms with van der Waals surface area (Å²) >= 11 is 1.51. The molecule has 0 aliphatic heterocycles. The number of rotatable bonds is 4. The summed E-state index contributed by atoms with van der Waals surface area (Å²) in [5, 5.41) is 6.69. The molecule has 4 nitrogen and oxygen atoms in total. The van der Waals surface area contributed by atoms with E-state index < -0.39 is 0 Å². The minimum atomic E-state index is -0.181. The van der Waals surface area contributed by atoms with Crippen LogP contribution < -0.4 is 5.32 Å². The molecular formula is C19H15N3OS. The molecule has 0 atom stereocenters. The number of aromatic amines is 1. The Morgan fingerprint density at radius 3 is 2.83 bits per heavy atom. The fourth-order valence-corrected chi connectivity index (χ4v) is 3.46. The lowest BCUT2D eigenvalue weighted by atomic mass is 10.2. The molecule has 2 N–H and O–H groups in total. The van der Waals surface area contributed by atoms with Gasteiger partial charge in [-0.05, 0) is 23.8 Å². The number of nitrogens with one attached hydrogen (secondary N) is 2. The van der Waals surface area contributed by atoms with E-state index in [2.05, 4.69) is 27.4 Å². The van der Waals surface area contributed by atoms with E-state index in [4.69, 9.17) is 0 Å². The number of carbonyl (C=O) groups is 1. The minimum absolute atomic E-state index is 0.181. The normalized spacial score (nSPS) is 10.8. The van der Waals surface area contributed by atoms with Crippen molar-refractivity contribution in [1.29, 1.82) is 0 Å². The molecule has 4 aromatic rings. The Balaban J connectivity index is 1.52. The highest BCUT2D eigenvalue weighted by Crippen LogP contribution is 2.23. The standard InChI is InChI=1S/C19H15N3OS/c23-19(22-16-8-4-7-15-14(16)9-10-20-15)17-12-24-18(21-17)11-13-5-2-1-3-6-13/h1-10,12,20H,11H2,(H,22,23). The van der Waals surface area contributed by atoms with Crippen LogP contribution in [0.2, 0.25) is 0 Å². The van der Waals surface area contributed by atoms with Gasteiger partial charge in [0.25, 0.3) is 5.91 Å². The molecule has 0 aliphatic carbocycles. The van der Waals surface area contributed by atoms with Gasteiger partial charge >= 0.3 is 0 Å². The molecule has 24 heavy (non-hydrogen) atoms. The van der Waals surface area contributed by atoms with Gasteiger partial charge in [-0.3, -0.25) is 4.79 Å². The lowest BCUT2D eigenvalue weighted by Crippen LogP contribution is -2.12. The number of thiazole rings is 1. The molecule has 118 valence electrons. The number of fused-ring (bicyclic) bond motifs is 1. The van der Waals surface area contributed by atoms with E-state index in [0.29, 0.717) is 5.69 Å². The van der Waals surface area contributed by atoms with E-state index >= 15 is 0 Å². The average Bonchev–Trinajstić information content (AvgIpc) is 3.25. The van der Waals surface area contributed by atoms with E-state index in [1.807, 2.05) is 54.0 Å². The van der Waals surface area contributed by atoms with E-state index in [-0.39, 0.29) is 5.91 Å². The van der Waals surface area contributed by atoms with Gasteiger partial charge < -0.3 is 10.3 Å². The highest BCUT2D eigenvalue weighted by Gasteiger charge is 2.13. The second-order valence-electron chi connectivity index (χ2n) is 5.49. The number of hydrogen-bond acceptors (Lipinski definition) is 3. The lowest BCUT2D eigenvalue weighted by Gasteiger charge is -2.04. The zero-order valence-electron chi connectivity index (χ0n) is 12.8. The molecule has 1 amide bonds. The maximum absolute atomic E-state index is 12.5. The van der Waals surface area contributed by atoms with Crippen molar-refractivity contribution >= 4 is 33.8 Å². The van der Waals surface area contributed by atoms with Crippen LogP contribution in [0.1, 0.15) is 21.1 Å². The number of carbonyl (C=O) groups excluding carboxylic acids is 1. The second-order valence-corrected chi connectivity index (χ2v) is 6.43. The topological polar surface area (TPSA) is 57.8 Å². The third-order valence-corrected chi connectivity index (χ3v) is 4.67. The molecule has 0 fully saturated rings. The molecule has 2 aromatic heterocycles. The minimum Gasteiger partial charge on any atom is -0.361 e. The Hall–Kier alpha value is -2.92. The molecular weight excluding hydrogens is 318 g/mol. The largest absolute Gasteiger partial charge is 0.361 e. The zero-order valence-corrected chi connectivity index (χ0v) is 13.6. The Labute approximate surface area is 143 Å². The van der Waals surface area contributed by atoms with E-state index in [1.54, 1.807) is 0 Å². The summed E-state index contributed by atoms with van der Waals surface area (Å²) in [6.07, 6.45) is 2.60. The number of H-pyrrole nitrogens is 1. The molecule has 0 unspecified atom stereocenters.